The Bertz CT molecular complexity index is 1320. The molecule has 0 fully saturated rings. The standard InChI is InChI=1S/C25H26N2O7S/c1-17-9-8-10-18(13-17)27(35(30,31)19-11-6-5-7-12-19)16-24(28)26-21-15-23(33-3)22(32-2)14-20(21)25(29)34-4/h5-15H,16H2,1-4H3,(H,26,28). The minimum absolute atomic E-state index is 0.0199. The van der Waals surface area contributed by atoms with E-state index in [1.54, 1.807) is 36.4 Å². The first-order valence-electron chi connectivity index (χ1n) is 10.5. The molecule has 3 aromatic carbocycles. The van der Waals surface area contributed by atoms with Crippen molar-refractivity contribution in [2.75, 3.05) is 37.5 Å². The molecule has 1 N–H and O–H groups in total. The number of nitrogens with one attached hydrogen (secondary N) is 1. The maximum absolute atomic E-state index is 13.5. The second kappa shape index (κ2) is 10.9. The number of rotatable bonds is 9. The average molecular weight is 499 g/mol. The quantitative estimate of drug-likeness (QED) is 0.449. The summed E-state index contributed by atoms with van der Waals surface area (Å²) in [7, 11) is -0.0538. The number of hydrogen-bond acceptors (Lipinski definition) is 7. The predicted molar refractivity (Wildman–Crippen MR) is 132 cm³/mol. The lowest BCUT2D eigenvalue weighted by Gasteiger charge is -2.24. The molecule has 0 bridgehead atoms. The van der Waals surface area contributed by atoms with E-state index in [0.29, 0.717) is 5.69 Å². The van der Waals surface area contributed by atoms with Crippen molar-refractivity contribution in [1.82, 2.24) is 0 Å². The van der Waals surface area contributed by atoms with Crippen LogP contribution in [-0.4, -0.2) is 48.2 Å². The van der Waals surface area contributed by atoms with Crippen LogP contribution in [0.4, 0.5) is 11.4 Å². The van der Waals surface area contributed by atoms with Gasteiger partial charge in [0, 0.05) is 12.1 Å². The summed E-state index contributed by atoms with van der Waals surface area (Å²) >= 11 is 0. The van der Waals surface area contributed by atoms with E-state index in [1.807, 2.05) is 13.0 Å². The van der Waals surface area contributed by atoms with Crippen LogP contribution in [0.15, 0.2) is 71.6 Å². The van der Waals surface area contributed by atoms with E-state index >= 15 is 0 Å². The molecule has 10 heteroatoms. The van der Waals surface area contributed by atoms with Gasteiger partial charge in [0.25, 0.3) is 10.0 Å². The number of nitrogens with zero attached hydrogens (tertiary/aromatic N) is 1. The topological polar surface area (TPSA) is 111 Å². The number of ether oxygens (including phenoxy) is 3. The summed E-state index contributed by atoms with van der Waals surface area (Å²) in [6.45, 7) is 1.28. The minimum Gasteiger partial charge on any atom is -0.493 e. The van der Waals surface area contributed by atoms with E-state index < -0.39 is 28.4 Å². The summed E-state index contributed by atoms with van der Waals surface area (Å²) in [6, 6.07) is 17.4. The molecule has 0 radical (unpaired) electrons. The summed E-state index contributed by atoms with van der Waals surface area (Å²) in [5.74, 6) is -0.862. The average Bonchev–Trinajstić information content (AvgIpc) is 2.86. The number of carbonyl (C=O) groups is 2. The zero-order chi connectivity index (χ0) is 25.6. The summed E-state index contributed by atoms with van der Waals surface area (Å²) in [5, 5.41) is 2.61. The van der Waals surface area contributed by atoms with Gasteiger partial charge in [0.15, 0.2) is 11.5 Å². The summed E-state index contributed by atoms with van der Waals surface area (Å²) in [6.07, 6.45) is 0. The molecule has 0 heterocycles. The molecule has 0 atom stereocenters. The van der Waals surface area contributed by atoms with Gasteiger partial charge in [-0.15, -0.1) is 0 Å². The normalized spacial score (nSPS) is 10.9. The molecule has 0 saturated carbocycles. The first kappa shape index (κ1) is 25.6. The van der Waals surface area contributed by atoms with Crippen molar-refractivity contribution in [2.45, 2.75) is 11.8 Å². The Hall–Kier alpha value is -4.05. The SMILES string of the molecule is COC(=O)c1cc(OC)c(OC)cc1NC(=O)CN(c1cccc(C)c1)S(=O)(=O)c1ccccc1. The number of esters is 1. The van der Waals surface area contributed by atoms with Crippen LogP contribution in [0.25, 0.3) is 0 Å². The van der Waals surface area contributed by atoms with Crippen molar-refractivity contribution in [1.29, 1.82) is 0 Å². The van der Waals surface area contributed by atoms with Gasteiger partial charge < -0.3 is 19.5 Å². The smallest absolute Gasteiger partial charge is 0.340 e. The molecule has 9 nitrogen and oxygen atoms in total. The molecular formula is C25H26N2O7S. The zero-order valence-electron chi connectivity index (χ0n) is 19.8. The van der Waals surface area contributed by atoms with Crippen LogP contribution < -0.4 is 19.1 Å². The molecule has 0 aliphatic heterocycles. The fraction of sp³-hybridized carbons (Fsp3) is 0.200. The van der Waals surface area contributed by atoms with E-state index in [0.717, 1.165) is 9.87 Å². The molecule has 0 aromatic heterocycles. The first-order valence-corrected chi connectivity index (χ1v) is 11.9. The van der Waals surface area contributed by atoms with Gasteiger partial charge in [-0.3, -0.25) is 9.10 Å². The largest absolute Gasteiger partial charge is 0.493 e. The van der Waals surface area contributed by atoms with Crippen molar-refractivity contribution in [3.05, 3.63) is 77.9 Å². The van der Waals surface area contributed by atoms with Gasteiger partial charge in [-0.05, 0) is 36.8 Å². The van der Waals surface area contributed by atoms with E-state index in [1.165, 1.54) is 45.6 Å². The third-order valence-electron chi connectivity index (χ3n) is 5.11. The van der Waals surface area contributed by atoms with Gasteiger partial charge in [0.05, 0.1) is 43.2 Å². The highest BCUT2D eigenvalue weighted by Crippen LogP contribution is 2.34. The van der Waals surface area contributed by atoms with Crippen LogP contribution in [0.2, 0.25) is 0 Å². The monoisotopic (exact) mass is 498 g/mol. The molecule has 3 aromatic rings. The number of sulfonamides is 1. The van der Waals surface area contributed by atoms with Crippen molar-refractivity contribution in [3.8, 4) is 11.5 Å². The van der Waals surface area contributed by atoms with Gasteiger partial charge in [-0.25, -0.2) is 13.2 Å². The summed E-state index contributed by atoms with van der Waals surface area (Å²) in [5.41, 5.74) is 1.25. The minimum atomic E-state index is -4.08. The van der Waals surface area contributed by atoms with E-state index in [2.05, 4.69) is 5.32 Å². The van der Waals surface area contributed by atoms with Crippen LogP contribution in [0.3, 0.4) is 0 Å². The van der Waals surface area contributed by atoms with Gasteiger partial charge in [0.1, 0.15) is 6.54 Å². The molecule has 3 rings (SSSR count). The molecule has 0 aliphatic rings. The Morgan fingerprint density at radius 1 is 0.886 bits per heavy atom. The van der Waals surface area contributed by atoms with E-state index in [4.69, 9.17) is 14.2 Å². The molecule has 35 heavy (non-hydrogen) atoms. The predicted octanol–water partition coefficient (Wildman–Crippen LogP) is 3.63. The fourth-order valence-electron chi connectivity index (χ4n) is 3.40. The van der Waals surface area contributed by atoms with Crippen LogP contribution >= 0.6 is 0 Å². The lowest BCUT2D eigenvalue weighted by molar-refractivity contribution is -0.114. The van der Waals surface area contributed by atoms with Gasteiger partial charge in [-0.1, -0.05) is 30.3 Å². The maximum Gasteiger partial charge on any atom is 0.340 e. The first-order chi connectivity index (χ1) is 16.7. The number of hydrogen-bond donors (Lipinski definition) is 1. The van der Waals surface area contributed by atoms with Crippen molar-refractivity contribution < 1.29 is 32.2 Å². The zero-order valence-corrected chi connectivity index (χ0v) is 20.6. The lowest BCUT2D eigenvalue weighted by Crippen LogP contribution is -2.38. The Kier molecular flexibility index (Phi) is 7.98. The second-order valence-corrected chi connectivity index (χ2v) is 9.32. The van der Waals surface area contributed by atoms with E-state index in [-0.39, 0.29) is 27.6 Å². The molecule has 0 aliphatic carbocycles. The third kappa shape index (κ3) is 5.72. The summed E-state index contributed by atoms with van der Waals surface area (Å²) < 4.78 is 43.3. The number of carbonyl (C=O) groups excluding carboxylic acids is 2. The van der Waals surface area contributed by atoms with E-state index in [9.17, 15) is 18.0 Å². The Labute approximate surface area is 204 Å². The molecule has 1 amide bonds. The Balaban J connectivity index is 2.01. The van der Waals surface area contributed by atoms with Gasteiger partial charge >= 0.3 is 5.97 Å². The number of methoxy groups -OCH3 is 3. The molecule has 0 saturated heterocycles. The van der Waals surface area contributed by atoms with Crippen LogP contribution in [0.1, 0.15) is 15.9 Å². The Morgan fingerprint density at radius 3 is 2.14 bits per heavy atom. The summed E-state index contributed by atoms with van der Waals surface area (Å²) in [4.78, 5) is 25.5. The molecule has 0 spiro atoms. The third-order valence-corrected chi connectivity index (χ3v) is 6.90. The highest BCUT2D eigenvalue weighted by atomic mass is 32.2. The van der Waals surface area contributed by atoms with Gasteiger partial charge in [-0.2, -0.15) is 0 Å². The maximum atomic E-state index is 13.5. The second-order valence-electron chi connectivity index (χ2n) is 7.46. The molecule has 184 valence electrons. The number of benzene rings is 3. The van der Waals surface area contributed by atoms with Gasteiger partial charge in [0.2, 0.25) is 5.91 Å². The molecule has 0 unspecified atom stereocenters. The fourth-order valence-corrected chi connectivity index (χ4v) is 4.83. The molecular weight excluding hydrogens is 472 g/mol. The lowest BCUT2D eigenvalue weighted by atomic mass is 10.1. The Morgan fingerprint density at radius 2 is 1.54 bits per heavy atom. The number of aryl methyl sites for hydroxylation is 1. The van der Waals surface area contributed by atoms with Crippen LogP contribution in [0.5, 0.6) is 11.5 Å². The van der Waals surface area contributed by atoms with Crippen molar-refractivity contribution in [3.63, 3.8) is 0 Å². The number of amides is 1. The van der Waals surface area contributed by atoms with Crippen molar-refractivity contribution >= 4 is 33.3 Å². The van der Waals surface area contributed by atoms with Crippen LogP contribution in [-0.2, 0) is 19.6 Å². The van der Waals surface area contributed by atoms with Crippen LogP contribution in [0, 0.1) is 6.92 Å². The van der Waals surface area contributed by atoms with Crippen molar-refractivity contribution in [2.24, 2.45) is 0 Å². The number of anilines is 2. The highest BCUT2D eigenvalue weighted by molar-refractivity contribution is 7.92. The highest BCUT2D eigenvalue weighted by Gasteiger charge is 2.28.